The van der Waals surface area contributed by atoms with E-state index < -0.39 is 6.10 Å². The summed E-state index contributed by atoms with van der Waals surface area (Å²) in [7, 11) is 0. The molecule has 0 aliphatic carbocycles. The van der Waals surface area contributed by atoms with Crippen molar-refractivity contribution in [2.75, 3.05) is 0 Å². The minimum Gasteiger partial charge on any atom is -0.385 e. The van der Waals surface area contributed by atoms with Crippen molar-refractivity contribution >= 4 is 11.0 Å². The van der Waals surface area contributed by atoms with Crippen molar-refractivity contribution in [1.82, 2.24) is 9.55 Å². The molecule has 0 aliphatic heterocycles. The first-order valence-electron chi connectivity index (χ1n) is 7.67. The first kappa shape index (κ1) is 14.8. The minimum absolute atomic E-state index is 0.586. The number of imidazole rings is 1. The van der Waals surface area contributed by atoms with Crippen LogP contribution < -0.4 is 0 Å². The summed E-state index contributed by atoms with van der Waals surface area (Å²) < 4.78 is 2.13. The number of aliphatic hydroxyl groups excluding tert-OH is 1. The predicted molar refractivity (Wildman–Crippen MR) is 90.1 cm³/mol. The molecule has 3 nitrogen and oxygen atoms in total. The number of benzene rings is 2. The Kier molecular flexibility index (Phi) is 3.75. The smallest absolute Gasteiger partial charge is 0.138 e. The summed E-state index contributed by atoms with van der Waals surface area (Å²) in [5.74, 6) is 0.725. The molecule has 3 rings (SSSR count). The molecular formula is C19H22N2O. The predicted octanol–water partition coefficient (Wildman–Crippen LogP) is 4.06. The van der Waals surface area contributed by atoms with Crippen molar-refractivity contribution in [1.29, 1.82) is 0 Å². The Labute approximate surface area is 131 Å². The first-order valence-corrected chi connectivity index (χ1v) is 7.67. The van der Waals surface area contributed by atoms with Crippen molar-refractivity contribution in [3.05, 3.63) is 64.5 Å². The van der Waals surface area contributed by atoms with Crippen LogP contribution in [0.2, 0.25) is 0 Å². The normalized spacial score (nSPS) is 12.8. The van der Waals surface area contributed by atoms with Gasteiger partial charge in [-0.05, 0) is 62.1 Å². The molecule has 114 valence electrons. The maximum atomic E-state index is 10.1. The molecule has 1 unspecified atom stereocenters. The lowest BCUT2D eigenvalue weighted by Gasteiger charge is -2.13. The van der Waals surface area contributed by atoms with Crippen LogP contribution in [-0.2, 0) is 6.54 Å². The number of aliphatic hydroxyl groups is 1. The second-order valence-electron chi connectivity index (χ2n) is 6.08. The van der Waals surface area contributed by atoms with Crippen molar-refractivity contribution < 1.29 is 5.11 Å². The van der Waals surface area contributed by atoms with Crippen LogP contribution >= 0.6 is 0 Å². The molecule has 0 aliphatic rings. The third-order valence-electron chi connectivity index (χ3n) is 4.36. The largest absolute Gasteiger partial charge is 0.385 e. The third-order valence-corrected chi connectivity index (χ3v) is 4.36. The monoisotopic (exact) mass is 294 g/mol. The van der Waals surface area contributed by atoms with E-state index in [2.05, 4.69) is 60.7 Å². The van der Waals surface area contributed by atoms with Crippen LogP contribution in [0.4, 0.5) is 0 Å². The lowest BCUT2D eigenvalue weighted by atomic mass is 10.1. The highest BCUT2D eigenvalue weighted by Gasteiger charge is 2.16. The topological polar surface area (TPSA) is 38.1 Å². The molecule has 3 heteroatoms. The molecule has 0 spiro atoms. The van der Waals surface area contributed by atoms with E-state index in [4.69, 9.17) is 0 Å². The summed E-state index contributed by atoms with van der Waals surface area (Å²) in [6, 6.07) is 12.6. The Morgan fingerprint density at radius 2 is 1.73 bits per heavy atom. The van der Waals surface area contributed by atoms with Gasteiger partial charge in [0.1, 0.15) is 11.9 Å². The van der Waals surface area contributed by atoms with Gasteiger partial charge in [-0.1, -0.05) is 24.3 Å². The number of rotatable bonds is 3. The van der Waals surface area contributed by atoms with E-state index in [-0.39, 0.29) is 0 Å². The van der Waals surface area contributed by atoms with Crippen LogP contribution in [0.1, 0.15) is 41.1 Å². The second-order valence-corrected chi connectivity index (χ2v) is 6.08. The summed E-state index contributed by atoms with van der Waals surface area (Å²) in [4.78, 5) is 4.65. The van der Waals surface area contributed by atoms with Crippen molar-refractivity contribution in [3.63, 3.8) is 0 Å². The van der Waals surface area contributed by atoms with Gasteiger partial charge in [0.25, 0.3) is 0 Å². The van der Waals surface area contributed by atoms with Gasteiger partial charge in [-0.15, -0.1) is 0 Å². The van der Waals surface area contributed by atoms with Crippen molar-refractivity contribution in [2.24, 2.45) is 0 Å². The zero-order valence-corrected chi connectivity index (χ0v) is 13.6. The Balaban J connectivity index is 2.20. The first-order chi connectivity index (χ1) is 10.5. The van der Waals surface area contributed by atoms with Crippen LogP contribution in [0.3, 0.4) is 0 Å². The Morgan fingerprint density at radius 3 is 2.41 bits per heavy atom. The van der Waals surface area contributed by atoms with E-state index in [1.54, 1.807) is 6.92 Å². The molecule has 0 saturated carbocycles. The fourth-order valence-electron chi connectivity index (χ4n) is 2.84. The number of fused-ring (bicyclic) bond motifs is 1. The van der Waals surface area contributed by atoms with Gasteiger partial charge in [0.05, 0.1) is 11.0 Å². The van der Waals surface area contributed by atoms with Gasteiger partial charge in [-0.2, -0.15) is 0 Å². The summed E-state index contributed by atoms with van der Waals surface area (Å²) in [6.07, 6.45) is -0.586. The summed E-state index contributed by atoms with van der Waals surface area (Å²) in [5.41, 5.74) is 7.02. The van der Waals surface area contributed by atoms with Crippen LogP contribution in [0, 0.1) is 20.8 Å². The van der Waals surface area contributed by atoms with Gasteiger partial charge < -0.3 is 9.67 Å². The molecule has 0 radical (unpaired) electrons. The summed E-state index contributed by atoms with van der Waals surface area (Å²) in [6.45, 7) is 8.83. The maximum Gasteiger partial charge on any atom is 0.138 e. The molecule has 0 amide bonds. The third kappa shape index (κ3) is 2.53. The van der Waals surface area contributed by atoms with Crippen LogP contribution in [-0.4, -0.2) is 14.7 Å². The van der Waals surface area contributed by atoms with Gasteiger partial charge in [0, 0.05) is 6.54 Å². The Bertz CT molecular complexity index is 831. The van der Waals surface area contributed by atoms with Crippen molar-refractivity contribution in [3.8, 4) is 0 Å². The van der Waals surface area contributed by atoms with Crippen LogP contribution in [0.5, 0.6) is 0 Å². The zero-order valence-electron chi connectivity index (χ0n) is 13.6. The van der Waals surface area contributed by atoms with E-state index in [1.165, 1.54) is 22.3 Å². The molecule has 0 bridgehead atoms. The Hall–Kier alpha value is -2.13. The molecule has 1 aromatic heterocycles. The van der Waals surface area contributed by atoms with E-state index in [1.807, 2.05) is 6.07 Å². The van der Waals surface area contributed by atoms with E-state index in [0.717, 1.165) is 23.4 Å². The van der Waals surface area contributed by atoms with E-state index in [0.29, 0.717) is 0 Å². The average molecular weight is 294 g/mol. The minimum atomic E-state index is -0.586. The molecule has 1 N–H and O–H groups in total. The zero-order chi connectivity index (χ0) is 15.9. The highest BCUT2D eigenvalue weighted by atomic mass is 16.3. The number of aromatic nitrogens is 2. The van der Waals surface area contributed by atoms with Gasteiger partial charge in [-0.25, -0.2) is 4.98 Å². The summed E-state index contributed by atoms with van der Waals surface area (Å²) in [5, 5.41) is 10.1. The van der Waals surface area contributed by atoms with Gasteiger partial charge >= 0.3 is 0 Å². The van der Waals surface area contributed by atoms with Crippen LogP contribution in [0.15, 0.2) is 36.4 Å². The highest BCUT2D eigenvalue weighted by molar-refractivity contribution is 5.78. The average Bonchev–Trinajstić information content (AvgIpc) is 2.80. The maximum absolute atomic E-state index is 10.1. The van der Waals surface area contributed by atoms with E-state index in [9.17, 15) is 5.11 Å². The van der Waals surface area contributed by atoms with Gasteiger partial charge in [-0.3, -0.25) is 0 Å². The lowest BCUT2D eigenvalue weighted by Crippen LogP contribution is -2.08. The fourth-order valence-corrected chi connectivity index (χ4v) is 2.84. The number of aryl methyl sites for hydroxylation is 3. The van der Waals surface area contributed by atoms with Gasteiger partial charge in [0.15, 0.2) is 0 Å². The molecule has 1 atom stereocenters. The molecule has 2 aromatic carbocycles. The molecular weight excluding hydrogens is 272 g/mol. The molecule has 3 aromatic rings. The second kappa shape index (κ2) is 5.58. The van der Waals surface area contributed by atoms with Crippen LogP contribution in [0.25, 0.3) is 11.0 Å². The lowest BCUT2D eigenvalue weighted by molar-refractivity contribution is 0.185. The number of nitrogens with zero attached hydrogens (tertiary/aromatic N) is 2. The molecule has 1 heterocycles. The molecule has 0 saturated heterocycles. The quantitative estimate of drug-likeness (QED) is 0.791. The number of hydrogen-bond donors (Lipinski definition) is 1. The molecule has 0 fully saturated rings. The Morgan fingerprint density at radius 1 is 1.05 bits per heavy atom. The summed E-state index contributed by atoms with van der Waals surface area (Å²) >= 11 is 0. The highest BCUT2D eigenvalue weighted by Crippen LogP contribution is 2.25. The van der Waals surface area contributed by atoms with E-state index >= 15 is 0 Å². The SMILES string of the molecule is Cc1cc2nc(C(C)O)n(Cc3ccccc3C)c2cc1C. The standard InChI is InChI=1S/C19H22N2O/c1-12-7-5-6-8-16(12)11-21-18-10-14(3)13(2)9-17(18)20-19(21)15(4)22/h5-10,15,22H,11H2,1-4H3. The van der Waals surface area contributed by atoms with Crippen molar-refractivity contribution in [2.45, 2.75) is 40.3 Å². The fraction of sp³-hybridized carbons (Fsp3) is 0.316. The van der Waals surface area contributed by atoms with Gasteiger partial charge in [0.2, 0.25) is 0 Å². The number of hydrogen-bond acceptors (Lipinski definition) is 2. The molecule has 22 heavy (non-hydrogen) atoms.